The van der Waals surface area contributed by atoms with Crippen molar-refractivity contribution in [1.29, 1.82) is 0 Å². The van der Waals surface area contributed by atoms with Gasteiger partial charge in [-0.3, -0.25) is 4.79 Å². The molecule has 3 N–H and O–H groups in total. The SMILES string of the molecule is Nc1ccc2oc(C(=O)Nc3ncccc3Br)cc2c1. The van der Waals surface area contributed by atoms with Gasteiger partial charge in [-0.05, 0) is 52.3 Å². The minimum absolute atomic E-state index is 0.211. The third-order valence-electron chi connectivity index (χ3n) is 2.75. The number of carbonyl (C=O) groups is 1. The molecule has 2 aromatic heterocycles. The van der Waals surface area contributed by atoms with Crippen LogP contribution in [0.25, 0.3) is 11.0 Å². The first-order valence-electron chi connectivity index (χ1n) is 5.84. The third kappa shape index (κ3) is 2.37. The fourth-order valence-corrected chi connectivity index (χ4v) is 2.17. The van der Waals surface area contributed by atoms with Crippen LogP contribution in [0.4, 0.5) is 11.5 Å². The van der Waals surface area contributed by atoms with Gasteiger partial charge in [-0.15, -0.1) is 0 Å². The molecule has 0 aliphatic rings. The zero-order chi connectivity index (χ0) is 14.1. The summed E-state index contributed by atoms with van der Waals surface area (Å²) < 4.78 is 6.19. The van der Waals surface area contributed by atoms with Gasteiger partial charge in [-0.2, -0.15) is 0 Å². The number of fused-ring (bicyclic) bond motifs is 1. The van der Waals surface area contributed by atoms with Crippen LogP contribution < -0.4 is 11.1 Å². The van der Waals surface area contributed by atoms with Crippen LogP contribution in [0.5, 0.6) is 0 Å². The van der Waals surface area contributed by atoms with E-state index < -0.39 is 0 Å². The highest BCUT2D eigenvalue weighted by molar-refractivity contribution is 9.10. The molecule has 0 spiro atoms. The summed E-state index contributed by atoms with van der Waals surface area (Å²) in [5.41, 5.74) is 6.93. The van der Waals surface area contributed by atoms with E-state index in [0.29, 0.717) is 21.6 Å². The quantitative estimate of drug-likeness (QED) is 0.705. The first-order valence-corrected chi connectivity index (χ1v) is 6.64. The molecule has 100 valence electrons. The standard InChI is InChI=1S/C14H10BrN3O2/c15-10-2-1-5-17-13(10)18-14(19)12-7-8-6-9(16)3-4-11(8)20-12/h1-7H,16H2,(H,17,18,19). The van der Waals surface area contributed by atoms with E-state index in [0.717, 1.165) is 5.39 Å². The predicted octanol–water partition coefficient (Wildman–Crippen LogP) is 3.42. The van der Waals surface area contributed by atoms with Gasteiger partial charge in [0, 0.05) is 17.3 Å². The minimum atomic E-state index is -0.362. The molecule has 0 radical (unpaired) electrons. The maximum Gasteiger partial charge on any atom is 0.292 e. The van der Waals surface area contributed by atoms with E-state index >= 15 is 0 Å². The molecule has 3 aromatic rings. The number of anilines is 2. The Balaban J connectivity index is 1.91. The van der Waals surface area contributed by atoms with Gasteiger partial charge in [-0.25, -0.2) is 4.98 Å². The van der Waals surface area contributed by atoms with E-state index in [4.69, 9.17) is 10.2 Å². The molecular weight excluding hydrogens is 322 g/mol. The summed E-state index contributed by atoms with van der Waals surface area (Å²) in [6, 6.07) is 10.4. The second-order valence-electron chi connectivity index (χ2n) is 4.20. The Bertz CT molecular complexity index is 798. The molecule has 0 bridgehead atoms. The Morgan fingerprint density at radius 3 is 2.95 bits per heavy atom. The van der Waals surface area contributed by atoms with Gasteiger partial charge < -0.3 is 15.5 Å². The Kier molecular flexibility index (Phi) is 3.15. The maximum absolute atomic E-state index is 12.1. The lowest BCUT2D eigenvalue weighted by Crippen LogP contribution is -2.12. The molecule has 2 heterocycles. The molecule has 0 saturated carbocycles. The maximum atomic E-state index is 12.1. The van der Waals surface area contributed by atoms with Crippen LogP contribution in [0.1, 0.15) is 10.6 Å². The van der Waals surface area contributed by atoms with Gasteiger partial charge in [0.05, 0.1) is 4.47 Å². The van der Waals surface area contributed by atoms with Crippen molar-refractivity contribution in [3.63, 3.8) is 0 Å². The van der Waals surface area contributed by atoms with Crippen molar-refractivity contribution in [2.75, 3.05) is 11.1 Å². The van der Waals surface area contributed by atoms with Crippen molar-refractivity contribution in [2.45, 2.75) is 0 Å². The number of nitrogens with two attached hydrogens (primary N) is 1. The number of nitrogen functional groups attached to an aromatic ring is 1. The normalized spacial score (nSPS) is 10.7. The van der Waals surface area contributed by atoms with Crippen molar-refractivity contribution >= 4 is 44.3 Å². The first-order chi connectivity index (χ1) is 9.63. The molecule has 0 saturated heterocycles. The highest BCUT2D eigenvalue weighted by Gasteiger charge is 2.14. The Hall–Kier alpha value is -2.34. The lowest BCUT2D eigenvalue weighted by Gasteiger charge is -2.03. The topological polar surface area (TPSA) is 81.1 Å². The molecule has 3 rings (SSSR count). The first kappa shape index (κ1) is 12.7. The predicted molar refractivity (Wildman–Crippen MR) is 80.5 cm³/mol. The van der Waals surface area contributed by atoms with Crippen LogP contribution in [-0.4, -0.2) is 10.9 Å². The van der Waals surface area contributed by atoms with Crippen molar-refractivity contribution in [1.82, 2.24) is 4.98 Å². The Labute approximate surface area is 122 Å². The van der Waals surface area contributed by atoms with Crippen LogP contribution >= 0.6 is 15.9 Å². The van der Waals surface area contributed by atoms with Gasteiger partial charge in [-0.1, -0.05) is 0 Å². The number of carbonyl (C=O) groups excluding carboxylic acids is 1. The number of aromatic nitrogens is 1. The fourth-order valence-electron chi connectivity index (χ4n) is 1.82. The van der Waals surface area contributed by atoms with Crippen LogP contribution in [0.15, 0.2) is 51.5 Å². The zero-order valence-corrected chi connectivity index (χ0v) is 11.8. The lowest BCUT2D eigenvalue weighted by molar-refractivity contribution is 0.0998. The van der Waals surface area contributed by atoms with Gasteiger partial charge in [0.25, 0.3) is 5.91 Å². The Morgan fingerprint density at radius 1 is 1.30 bits per heavy atom. The van der Waals surface area contributed by atoms with Crippen LogP contribution in [-0.2, 0) is 0 Å². The number of hydrogen-bond donors (Lipinski definition) is 2. The van der Waals surface area contributed by atoms with Gasteiger partial charge >= 0.3 is 0 Å². The second-order valence-corrected chi connectivity index (χ2v) is 5.05. The fraction of sp³-hybridized carbons (Fsp3) is 0. The second kappa shape index (κ2) is 4.97. The van der Waals surface area contributed by atoms with Crippen LogP contribution in [0.2, 0.25) is 0 Å². The molecule has 0 aliphatic carbocycles. The molecule has 6 heteroatoms. The van der Waals surface area contributed by atoms with Crippen molar-refractivity contribution < 1.29 is 9.21 Å². The molecular formula is C14H10BrN3O2. The third-order valence-corrected chi connectivity index (χ3v) is 3.39. The number of benzene rings is 1. The number of halogens is 1. The highest BCUT2D eigenvalue weighted by atomic mass is 79.9. The number of rotatable bonds is 2. The summed E-state index contributed by atoms with van der Waals surface area (Å²) in [5, 5.41) is 3.47. The number of pyridine rings is 1. The van der Waals surface area contributed by atoms with Crippen molar-refractivity contribution in [3.8, 4) is 0 Å². The number of amides is 1. The smallest absolute Gasteiger partial charge is 0.292 e. The summed E-state index contributed by atoms with van der Waals surface area (Å²) in [4.78, 5) is 16.2. The van der Waals surface area contributed by atoms with E-state index in [2.05, 4.69) is 26.2 Å². The average molecular weight is 332 g/mol. The van der Waals surface area contributed by atoms with Crippen molar-refractivity contribution in [3.05, 3.63) is 52.8 Å². The summed E-state index contributed by atoms with van der Waals surface area (Å²) in [6.45, 7) is 0. The van der Waals surface area contributed by atoms with Crippen LogP contribution in [0, 0.1) is 0 Å². The molecule has 1 aromatic carbocycles. The summed E-state index contributed by atoms with van der Waals surface area (Å²) in [5.74, 6) is 0.291. The highest BCUT2D eigenvalue weighted by Crippen LogP contribution is 2.23. The number of furan rings is 1. The van der Waals surface area contributed by atoms with Crippen molar-refractivity contribution in [2.24, 2.45) is 0 Å². The zero-order valence-electron chi connectivity index (χ0n) is 10.3. The van der Waals surface area contributed by atoms with E-state index in [-0.39, 0.29) is 11.7 Å². The molecule has 20 heavy (non-hydrogen) atoms. The van der Waals surface area contributed by atoms with Gasteiger partial charge in [0.1, 0.15) is 11.4 Å². The minimum Gasteiger partial charge on any atom is -0.451 e. The molecule has 0 unspecified atom stereocenters. The van der Waals surface area contributed by atoms with Crippen LogP contribution in [0.3, 0.4) is 0 Å². The summed E-state index contributed by atoms with van der Waals surface area (Å²) >= 11 is 3.32. The molecule has 1 amide bonds. The summed E-state index contributed by atoms with van der Waals surface area (Å²) in [7, 11) is 0. The largest absolute Gasteiger partial charge is 0.451 e. The van der Waals surface area contributed by atoms with E-state index in [9.17, 15) is 4.79 Å². The summed E-state index contributed by atoms with van der Waals surface area (Å²) in [6.07, 6.45) is 1.60. The lowest BCUT2D eigenvalue weighted by atomic mass is 10.2. The average Bonchev–Trinajstić information content (AvgIpc) is 2.84. The van der Waals surface area contributed by atoms with E-state index in [1.807, 2.05) is 0 Å². The monoisotopic (exact) mass is 331 g/mol. The van der Waals surface area contributed by atoms with Gasteiger partial charge in [0.2, 0.25) is 0 Å². The van der Waals surface area contributed by atoms with Gasteiger partial charge in [0.15, 0.2) is 5.76 Å². The van der Waals surface area contributed by atoms with E-state index in [1.54, 1.807) is 42.6 Å². The molecule has 0 aliphatic heterocycles. The molecule has 0 atom stereocenters. The molecule has 0 fully saturated rings. The number of hydrogen-bond acceptors (Lipinski definition) is 4. The number of nitrogens with one attached hydrogen (secondary N) is 1. The Morgan fingerprint density at radius 2 is 2.15 bits per heavy atom. The number of nitrogens with zero attached hydrogens (tertiary/aromatic N) is 1. The van der Waals surface area contributed by atoms with E-state index in [1.165, 1.54) is 0 Å². The molecule has 5 nitrogen and oxygen atoms in total.